The molecule has 4 heteroatoms. The van der Waals surface area contributed by atoms with Gasteiger partial charge in [-0.05, 0) is 24.1 Å². The van der Waals surface area contributed by atoms with Crippen molar-refractivity contribution in [2.45, 2.75) is 18.9 Å². The van der Waals surface area contributed by atoms with E-state index in [1.807, 2.05) is 12.1 Å². The number of aliphatic hydroxyl groups excluding tert-OH is 1. The third-order valence-electron chi connectivity index (χ3n) is 2.93. The molecule has 1 heterocycles. The van der Waals surface area contributed by atoms with Gasteiger partial charge in [0.1, 0.15) is 0 Å². The number of likely N-dealkylation sites (tertiary alicyclic amines) is 1. The highest BCUT2D eigenvalue weighted by Gasteiger charge is 2.27. The average Bonchev–Trinajstić information content (AvgIpc) is 2.32. The molecule has 0 spiro atoms. The van der Waals surface area contributed by atoms with Crippen LogP contribution in [0.1, 0.15) is 17.5 Å². The van der Waals surface area contributed by atoms with Crippen molar-refractivity contribution in [2.75, 3.05) is 13.1 Å². The lowest BCUT2D eigenvalue weighted by Gasteiger charge is -2.35. The van der Waals surface area contributed by atoms with E-state index in [4.69, 9.17) is 10.4 Å². The van der Waals surface area contributed by atoms with Crippen LogP contribution in [0.25, 0.3) is 0 Å². The van der Waals surface area contributed by atoms with E-state index in [0.29, 0.717) is 31.5 Å². The van der Waals surface area contributed by atoms with Crippen molar-refractivity contribution < 1.29 is 9.90 Å². The maximum atomic E-state index is 11.6. The van der Waals surface area contributed by atoms with E-state index in [9.17, 15) is 4.79 Å². The summed E-state index contributed by atoms with van der Waals surface area (Å²) in [6, 6.07) is 9.32. The number of nitriles is 1. The highest BCUT2D eigenvalue weighted by atomic mass is 16.3. The molecule has 1 aromatic rings. The average molecular weight is 230 g/mol. The van der Waals surface area contributed by atoms with Crippen LogP contribution in [0.3, 0.4) is 0 Å². The molecule has 1 amide bonds. The highest BCUT2D eigenvalue weighted by Crippen LogP contribution is 2.12. The number of carbonyl (C=O) groups is 1. The third kappa shape index (κ3) is 2.83. The molecule has 17 heavy (non-hydrogen) atoms. The Balaban J connectivity index is 1.81. The summed E-state index contributed by atoms with van der Waals surface area (Å²) >= 11 is 0. The number of aliphatic hydroxyl groups is 1. The van der Waals surface area contributed by atoms with Gasteiger partial charge < -0.3 is 10.0 Å². The monoisotopic (exact) mass is 230 g/mol. The van der Waals surface area contributed by atoms with Gasteiger partial charge >= 0.3 is 0 Å². The highest BCUT2D eigenvalue weighted by molar-refractivity contribution is 5.77. The van der Waals surface area contributed by atoms with Crippen LogP contribution in [-0.4, -0.2) is 35.1 Å². The molecule has 0 saturated carbocycles. The molecular weight excluding hydrogens is 216 g/mol. The normalized spacial score (nSPS) is 15.2. The molecule has 0 unspecified atom stereocenters. The zero-order valence-corrected chi connectivity index (χ0v) is 9.47. The Hall–Kier alpha value is -1.86. The second-order valence-electron chi connectivity index (χ2n) is 4.26. The first-order valence-corrected chi connectivity index (χ1v) is 5.64. The molecule has 1 N–H and O–H groups in total. The van der Waals surface area contributed by atoms with E-state index in [1.54, 1.807) is 17.0 Å². The zero-order valence-electron chi connectivity index (χ0n) is 9.47. The van der Waals surface area contributed by atoms with Crippen LogP contribution in [0.2, 0.25) is 0 Å². The third-order valence-corrected chi connectivity index (χ3v) is 2.93. The van der Waals surface area contributed by atoms with Crippen molar-refractivity contribution >= 4 is 5.91 Å². The van der Waals surface area contributed by atoms with Gasteiger partial charge in [-0.1, -0.05) is 12.1 Å². The first kappa shape index (κ1) is 11.6. The molecule has 0 atom stereocenters. The number of rotatable bonds is 3. The molecular formula is C13H14N2O2. The smallest absolute Gasteiger partial charge is 0.223 e. The van der Waals surface area contributed by atoms with Gasteiger partial charge in [-0.3, -0.25) is 4.79 Å². The molecule has 4 nitrogen and oxygen atoms in total. The molecule has 0 aromatic heterocycles. The van der Waals surface area contributed by atoms with Gasteiger partial charge in [0.25, 0.3) is 0 Å². The van der Waals surface area contributed by atoms with Crippen molar-refractivity contribution in [1.82, 2.24) is 4.90 Å². The van der Waals surface area contributed by atoms with Crippen molar-refractivity contribution in [3.63, 3.8) is 0 Å². The number of carbonyl (C=O) groups excluding carboxylic acids is 1. The summed E-state index contributed by atoms with van der Waals surface area (Å²) in [6.07, 6.45) is 0.796. The molecule has 1 fully saturated rings. The summed E-state index contributed by atoms with van der Waals surface area (Å²) in [4.78, 5) is 13.3. The lowest BCUT2D eigenvalue weighted by Crippen LogP contribution is -2.53. The van der Waals surface area contributed by atoms with Gasteiger partial charge in [-0.15, -0.1) is 0 Å². The summed E-state index contributed by atoms with van der Waals surface area (Å²) in [5.41, 5.74) is 1.68. The molecule has 0 aliphatic carbocycles. The minimum atomic E-state index is -0.339. The number of aryl methyl sites for hydroxylation is 1. The summed E-state index contributed by atoms with van der Waals surface area (Å²) in [6.45, 7) is 0.929. The van der Waals surface area contributed by atoms with Crippen LogP contribution in [0, 0.1) is 11.3 Å². The van der Waals surface area contributed by atoms with Crippen LogP contribution in [0.15, 0.2) is 24.3 Å². The van der Waals surface area contributed by atoms with Crippen LogP contribution in [-0.2, 0) is 11.2 Å². The first-order valence-electron chi connectivity index (χ1n) is 5.64. The predicted molar refractivity (Wildman–Crippen MR) is 62.1 cm³/mol. The Morgan fingerprint density at radius 2 is 2.06 bits per heavy atom. The van der Waals surface area contributed by atoms with E-state index in [-0.39, 0.29) is 12.0 Å². The van der Waals surface area contributed by atoms with Crippen LogP contribution in [0.5, 0.6) is 0 Å². The number of amides is 1. The molecule has 88 valence electrons. The fourth-order valence-electron chi connectivity index (χ4n) is 1.81. The number of hydrogen-bond donors (Lipinski definition) is 1. The van der Waals surface area contributed by atoms with Crippen molar-refractivity contribution in [3.05, 3.63) is 35.4 Å². The summed E-state index contributed by atoms with van der Waals surface area (Å²) in [5.74, 6) is 0.0830. The van der Waals surface area contributed by atoms with E-state index in [1.165, 1.54) is 0 Å². The predicted octanol–water partition coefficient (Wildman–Crippen LogP) is 0.694. The Morgan fingerprint density at radius 3 is 2.59 bits per heavy atom. The first-order chi connectivity index (χ1) is 8.19. The minimum Gasteiger partial charge on any atom is -0.389 e. The maximum absolute atomic E-state index is 11.6. The van der Waals surface area contributed by atoms with Crippen LogP contribution < -0.4 is 0 Å². The number of benzene rings is 1. The van der Waals surface area contributed by atoms with Gasteiger partial charge in [0.15, 0.2) is 0 Å². The fourth-order valence-corrected chi connectivity index (χ4v) is 1.81. The van der Waals surface area contributed by atoms with E-state index < -0.39 is 0 Å². The minimum absolute atomic E-state index is 0.0830. The molecule has 1 aliphatic heterocycles. The lowest BCUT2D eigenvalue weighted by atomic mass is 10.1. The lowest BCUT2D eigenvalue weighted by molar-refractivity contribution is -0.141. The molecule has 1 aliphatic rings. The Bertz CT molecular complexity index is 441. The van der Waals surface area contributed by atoms with E-state index >= 15 is 0 Å². The molecule has 0 radical (unpaired) electrons. The molecule has 1 aromatic carbocycles. The van der Waals surface area contributed by atoms with Crippen molar-refractivity contribution in [1.29, 1.82) is 5.26 Å². The molecule has 2 rings (SSSR count). The van der Waals surface area contributed by atoms with E-state index in [2.05, 4.69) is 6.07 Å². The Morgan fingerprint density at radius 1 is 1.41 bits per heavy atom. The quantitative estimate of drug-likeness (QED) is 0.831. The summed E-state index contributed by atoms with van der Waals surface area (Å²) < 4.78 is 0. The van der Waals surface area contributed by atoms with Crippen LogP contribution in [0.4, 0.5) is 0 Å². The maximum Gasteiger partial charge on any atom is 0.223 e. The SMILES string of the molecule is N#Cc1ccc(CCC(=O)N2CC(O)C2)cc1. The van der Waals surface area contributed by atoms with Gasteiger partial charge in [0.05, 0.1) is 17.7 Å². The summed E-state index contributed by atoms with van der Waals surface area (Å²) in [7, 11) is 0. The summed E-state index contributed by atoms with van der Waals surface area (Å²) in [5, 5.41) is 17.7. The van der Waals surface area contributed by atoms with Gasteiger partial charge in [-0.25, -0.2) is 0 Å². The van der Waals surface area contributed by atoms with Crippen LogP contribution >= 0.6 is 0 Å². The second-order valence-corrected chi connectivity index (χ2v) is 4.26. The number of nitrogens with zero attached hydrogens (tertiary/aromatic N) is 2. The fraction of sp³-hybridized carbons (Fsp3) is 0.385. The second kappa shape index (κ2) is 4.98. The van der Waals surface area contributed by atoms with Gasteiger partial charge in [0.2, 0.25) is 5.91 Å². The molecule has 0 bridgehead atoms. The van der Waals surface area contributed by atoms with Gasteiger partial charge in [-0.2, -0.15) is 5.26 Å². The standard InChI is InChI=1S/C13H14N2O2/c14-7-11-3-1-10(2-4-11)5-6-13(17)15-8-12(16)9-15/h1-4,12,16H,5-6,8-9H2. The topological polar surface area (TPSA) is 64.3 Å². The van der Waals surface area contributed by atoms with Crippen molar-refractivity contribution in [2.24, 2.45) is 0 Å². The zero-order chi connectivity index (χ0) is 12.3. The Kier molecular flexibility index (Phi) is 3.40. The van der Waals surface area contributed by atoms with Gasteiger partial charge in [0, 0.05) is 19.5 Å². The molecule has 1 saturated heterocycles. The van der Waals surface area contributed by atoms with E-state index in [0.717, 1.165) is 5.56 Å². The van der Waals surface area contributed by atoms with Crippen molar-refractivity contribution in [3.8, 4) is 6.07 Å². The number of hydrogen-bond acceptors (Lipinski definition) is 3. The largest absolute Gasteiger partial charge is 0.389 e. The Labute approximate surface area is 100 Å². The number of β-amino-alcohol motifs (C(OH)–C–C–N with tert-alkyl or cyclic N) is 1.